The van der Waals surface area contributed by atoms with Crippen molar-refractivity contribution in [3.63, 3.8) is 0 Å². The zero-order valence-corrected chi connectivity index (χ0v) is 18.8. The van der Waals surface area contributed by atoms with Gasteiger partial charge in [0.25, 0.3) is 0 Å². The molecule has 1 saturated heterocycles. The summed E-state index contributed by atoms with van der Waals surface area (Å²) in [7, 11) is 0. The number of hydrogen-bond acceptors (Lipinski definition) is 3. The lowest BCUT2D eigenvalue weighted by Gasteiger charge is -2.72. The lowest BCUT2D eigenvalue weighted by atomic mass is 9.33. The first-order valence-electron chi connectivity index (χ1n) is 11.7. The molecule has 1 N–H and O–H groups in total. The maximum Gasteiger partial charge on any atom is 0.335 e. The van der Waals surface area contributed by atoms with Gasteiger partial charge in [-0.25, -0.2) is 4.79 Å². The molecule has 1 heterocycles. The largest absolute Gasteiger partial charge is 0.478 e. The molecular formula is C26H36N2O2. The number of allylic oxidation sites excluding steroid dienone is 1. The number of hydrogen-bond donors (Lipinski definition) is 1. The summed E-state index contributed by atoms with van der Waals surface area (Å²) < 4.78 is 0. The molecule has 0 radical (unpaired) electrons. The van der Waals surface area contributed by atoms with Crippen LogP contribution < -0.4 is 4.90 Å². The van der Waals surface area contributed by atoms with Crippen LogP contribution in [0.5, 0.6) is 0 Å². The normalized spacial score (nSPS) is 33.1. The third kappa shape index (κ3) is 3.47. The Hall–Kier alpha value is -1.81. The highest BCUT2D eigenvalue weighted by atomic mass is 16.4. The number of nitrogens with zero attached hydrogens (tertiary/aromatic N) is 2. The van der Waals surface area contributed by atoms with E-state index in [1.54, 1.807) is 17.7 Å². The van der Waals surface area contributed by atoms with Gasteiger partial charge in [0.05, 0.1) is 5.56 Å². The van der Waals surface area contributed by atoms with Gasteiger partial charge in [-0.2, -0.15) is 0 Å². The van der Waals surface area contributed by atoms with Crippen LogP contribution in [-0.4, -0.2) is 48.7 Å². The smallest absolute Gasteiger partial charge is 0.335 e. The van der Waals surface area contributed by atoms with Crippen molar-refractivity contribution in [1.29, 1.82) is 0 Å². The van der Waals surface area contributed by atoms with Crippen LogP contribution in [-0.2, 0) is 0 Å². The average molecular weight is 409 g/mol. The first kappa shape index (κ1) is 20.1. The number of carbonyl (C=O) groups is 1. The second-order valence-corrected chi connectivity index (χ2v) is 11.7. The molecule has 4 aliphatic carbocycles. The molecule has 3 saturated carbocycles. The van der Waals surface area contributed by atoms with Crippen molar-refractivity contribution in [3.05, 3.63) is 41.0 Å². The second-order valence-electron chi connectivity index (χ2n) is 11.7. The number of aromatic carboxylic acids is 1. The number of piperazine rings is 1. The number of rotatable bonds is 5. The zero-order chi connectivity index (χ0) is 21.1. The Morgan fingerprint density at radius 1 is 1.00 bits per heavy atom. The fourth-order valence-electron chi connectivity index (χ4n) is 7.07. The third-order valence-electron chi connectivity index (χ3n) is 8.37. The first-order valence-corrected chi connectivity index (χ1v) is 11.7. The van der Waals surface area contributed by atoms with Crippen molar-refractivity contribution in [2.45, 2.75) is 59.3 Å². The van der Waals surface area contributed by atoms with Crippen molar-refractivity contribution in [2.75, 3.05) is 37.6 Å². The van der Waals surface area contributed by atoms with Gasteiger partial charge in [0.15, 0.2) is 0 Å². The molecule has 4 nitrogen and oxygen atoms in total. The molecule has 1 aliphatic heterocycles. The minimum absolute atomic E-state index is 0.360. The first-order chi connectivity index (χ1) is 14.2. The van der Waals surface area contributed by atoms with Gasteiger partial charge >= 0.3 is 5.97 Å². The van der Waals surface area contributed by atoms with Crippen LogP contribution in [0.1, 0.15) is 69.7 Å². The minimum atomic E-state index is -0.858. The Morgan fingerprint density at radius 2 is 1.63 bits per heavy atom. The predicted molar refractivity (Wildman–Crippen MR) is 121 cm³/mol. The summed E-state index contributed by atoms with van der Waals surface area (Å²) in [6, 6.07) is 7.34. The molecular weight excluding hydrogens is 372 g/mol. The van der Waals surface area contributed by atoms with Crippen molar-refractivity contribution in [1.82, 2.24) is 4.90 Å². The quantitative estimate of drug-likeness (QED) is 0.680. The van der Waals surface area contributed by atoms with E-state index in [0.717, 1.165) is 38.4 Å². The second kappa shape index (κ2) is 6.85. The monoisotopic (exact) mass is 408 g/mol. The average Bonchev–Trinajstić information content (AvgIpc) is 2.65. The van der Waals surface area contributed by atoms with Gasteiger partial charge in [-0.3, -0.25) is 4.90 Å². The van der Waals surface area contributed by atoms with Crippen LogP contribution >= 0.6 is 0 Å². The van der Waals surface area contributed by atoms with Gasteiger partial charge < -0.3 is 10.0 Å². The van der Waals surface area contributed by atoms with Gasteiger partial charge in [-0.15, -0.1) is 0 Å². The highest BCUT2D eigenvalue weighted by Crippen LogP contribution is 2.77. The van der Waals surface area contributed by atoms with E-state index >= 15 is 0 Å². The summed E-state index contributed by atoms with van der Waals surface area (Å²) in [5.74, 6) is -0.858. The molecule has 1 aromatic rings. The van der Waals surface area contributed by atoms with E-state index in [0.29, 0.717) is 21.8 Å². The van der Waals surface area contributed by atoms with Crippen LogP contribution in [0.25, 0.3) is 0 Å². The minimum Gasteiger partial charge on any atom is -0.478 e. The molecule has 0 atom stereocenters. The molecule has 2 bridgehead atoms. The van der Waals surface area contributed by atoms with Crippen LogP contribution in [0.2, 0.25) is 0 Å². The molecule has 30 heavy (non-hydrogen) atoms. The standard InChI is InChI=1S/C26H36N2O2/c1-24(2)9-8-22(26-16-25(3,17-26)18-26)20(14-24)15-27-10-12-28(13-11-27)21-6-4-19(5-7-21)23(29)30/h4-7H,8-18H2,1-3H3,(H,29,30). The summed E-state index contributed by atoms with van der Waals surface area (Å²) in [6.07, 6.45) is 8.29. The Balaban J connectivity index is 1.24. The lowest BCUT2D eigenvalue weighted by Crippen LogP contribution is -2.61. The van der Waals surface area contributed by atoms with Crippen LogP contribution in [0, 0.1) is 16.2 Å². The molecule has 0 amide bonds. The van der Waals surface area contributed by atoms with Gasteiger partial charge in [-0.05, 0) is 79.0 Å². The number of carboxylic acid groups (broad SMARTS) is 1. The van der Waals surface area contributed by atoms with Crippen LogP contribution in [0.3, 0.4) is 0 Å². The highest BCUT2D eigenvalue weighted by molar-refractivity contribution is 5.88. The van der Waals surface area contributed by atoms with E-state index in [2.05, 4.69) is 30.6 Å². The fourth-order valence-corrected chi connectivity index (χ4v) is 7.07. The molecule has 1 aromatic carbocycles. The SMILES string of the molecule is CC1(C)CCC(C23CC(C)(C2)C3)=C(CN2CCN(c3ccc(C(=O)O)cc3)CC2)C1. The predicted octanol–water partition coefficient (Wildman–Crippen LogP) is 5.20. The van der Waals surface area contributed by atoms with E-state index in [1.165, 1.54) is 38.5 Å². The maximum absolute atomic E-state index is 11.1. The van der Waals surface area contributed by atoms with Crippen molar-refractivity contribution < 1.29 is 9.90 Å². The molecule has 0 spiro atoms. The van der Waals surface area contributed by atoms with Gasteiger partial charge in [0, 0.05) is 38.4 Å². The summed E-state index contributed by atoms with van der Waals surface area (Å²) in [5.41, 5.74) is 6.84. The Labute approximate surface area is 180 Å². The van der Waals surface area contributed by atoms with Crippen molar-refractivity contribution in [3.8, 4) is 0 Å². The van der Waals surface area contributed by atoms with Crippen molar-refractivity contribution >= 4 is 11.7 Å². The summed E-state index contributed by atoms with van der Waals surface area (Å²) in [5, 5.41) is 9.11. The highest BCUT2D eigenvalue weighted by Gasteiger charge is 2.66. The van der Waals surface area contributed by atoms with E-state index in [-0.39, 0.29) is 0 Å². The van der Waals surface area contributed by atoms with Crippen LogP contribution in [0.4, 0.5) is 5.69 Å². The molecule has 5 aliphatic rings. The fraction of sp³-hybridized carbons (Fsp3) is 0.654. The zero-order valence-electron chi connectivity index (χ0n) is 18.8. The van der Waals surface area contributed by atoms with Gasteiger partial charge in [0.2, 0.25) is 0 Å². The van der Waals surface area contributed by atoms with Gasteiger partial charge in [-0.1, -0.05) is 31.9 Å². The molecule has 0 aromatic heterocycles. The van der Waals surface area contributed by atoms with E-state index in [9.17, 15) is 4.79 Å². The summed E-state index contributed by atoms with van der Waals surface area (Å²) in [6.45, 7) is 12.7. The third-order valence-corrected chi connectivity index (χ3v) is 8.37. The van der Waals surface area contributed by atoms with E-state index < -0.39 is 5.97 Å². The summed E-state index contributed by atoms with van der Waals surface area (Å²) >= 11 is 0. The Bertz CT molecular complexity index is 855. The summed E-state index contributed by atoms with van der Waals surface area (Å²) in [4.78, 5) is 16.1. The molecule has 162 valence electrons. The molecule has 6 rings (SSSR count). The number of anilines is 1. The van der Waals surface area contributed by atoms with Crippen LogP contribution in [0.15, 0.2) is 35.4 Å². The number of benzene rings is 1. The van der Waals surface area contributed by atoms with E-state index in [1.807, 2.05) is 17.7 Å². The van der Waals surface area contributed by atoms with E-state index in [4.69, 9.17) is 5.11 Å². The van der Waals surface area contributed by atoms with Gasteiger partial charge in [0.1, 0.15) is 0 Å². The van der Waals surface area contributed by atoms with Crippen molar-refractivity contribution in [2.24, 2.45) is 16.2 Å². The maximum atomic E-state index is 11.1. The molecule has 4 heteroatoms. The molecule has 4 fully saturated rings. The Morgan fingerprint density at radius 3 is 2.20 bits per heavy atom. The Kier molecular flexibility index (Phi) is 4.59. The number of carboxylic acids is 1. The topological polar surface area (TPSA) is 43.8 Å². The molecule has 0 unspecified atom stereocenters. The lowest BCUT2D eigenvalue weighted by molar-refractivity contribution is -0.166.